The molecule has 1 N–H and O–H groups in total. The Morgan fingerprint density at radius 2 is 1.52 bits per heavy atom. The molecule has 2 heterocycles. The number of sulfonamides is 1. The third kappa shape index (κ3) is 3.09. The van der Waals surface area contributed by atoms with E-state index in [1.54, 1.807) is 24.3 Å². The molecular weight excluding hydrogens is 370 g/mol. The normalized spacial score (nSPS) is 15.9. The predicted molar refractivity (Wildman–Crippen MR) is 99.7 cm³/mol. The maximum Gasteiger partial charge on any atom is 0.277 e. The molecule has 4 rings (SSSR count). The van der Waals surface area contributed by atoms with Crippen molar-refractivity contribution in [1.29, 1.82) is 0 Å². The largest absolute Gasteiger partial charge is 0.379 e. The molecule has 1 aliphatic rings. The summed E-state index contributed by atoms with van der Waals surface area (Å²) in [5, 5.41) is 3.14. The van der Waals surface area contributed by atoms with E-state index in [1.165, 1.54) is 28.6 Å². The standard InChI is InChI=1S/C18H17N3O5S/c22-17-15-3-1-2-4-16(15)18(23)21(19-17)13-5-7-14(8-6-13)27(24,25)20-9-11-26-12-10-20/h1-8H,9-12H2,(H,19,22). The van der Waals surface area contributed by atoms with Crippen LogP contribution < -0.4 is 11.1 Å². The fourth-order valence-electron chi connectivity index (χ4n) is 3.09. The van der Waals surface area contributed by atoms with Crippen LogP contribution in [0.2, 0.25) is 0 Å². The van der Waals surface area contributed by atoms with E-state index in [0.29, 0.717) is 42.8 Å². The Hall–Kier alpha value is -2.75. The number of aromatic nitrogens is 2. The molecule has 0 unspecified atom stereocenters. The number of aromatic amines is 1. The van der Waals surface area contributed by atoms with E-state index in [4.69, 9.17) is 4.74 Å². The number of H-pyrrole nitrogens is 1. The molecule has 1 fully saturated rings. The topological polar surface area (TPSA) is 101 Å². The summed E-state index contributed by atoms with van der Waals surface area (Å²) in [4.78, 5) is 25.0. The van der Waals surface area contributed by atoms with Gasteiger partial charge in [-0.3, -0.25) is 14.7 Å². The van der Waals surface area contributed by atoms with E-state index in [9.17, 15) is 18.0 Å². The first-order valence-corrected chi connectivity index (χ1v) is 9.85. The van der Waals surface area contributed by atoms with Crippen LogP contribution in [0.1, 0.15) is 0 Å². The van der Waals surface area contributed by atoms with Crippen LogP contribution in [-0.4, -0.2) is 48.8 Å². The second kappa shape index (κ2) is 6.76. The lowest BCUT2D eigenvalue weighted by Gasteiger charge is -2.26. The van der Waals surface area contributed by atoms with Crippen molar-refractivity contribution < 1.29 is 13.2 Å². The van der Waals surface area contributed by atoms with Gasteiger partial charge in [0.05, 0.1) is 34.6 Å². The Balaban J connectivity index is 1.75. The molecule has 9 heteroatoms. The van der Waals surface area contributed by atoms with Gasteiger partial charge >= 0.3 is 0 Å². The van der Waals surface area contributed by atoms with Gasteiger partial charge in [-0.25, -0.2) is 13.1 Å². The second-order valence-corrected chi connectivity index (χ2v) is 8.08. The summed E-state index contributed by atoms with van der Waals surface area (Å²) in [6.07, 6.45) is 0. The molecule has 0 bridgehead atoms. The van der Waals surface area contributed by atoms with E-state index < -0.39 is 15.6 Å². The Morgan fingerprint density at radius 3 is 2.19 bits per heavy atom. The van der Waals surface area contributed by atoms with E-state index in [-0.39, 0.29) is 10.5 Å². The lowest BCUT2D eigenvalue weighted by atomic mass is 10.2. The van der Waals surface area contributed by atoms with E-state index in [0.717, 1.165) is 4.68 Å². The average molecular weight is 387 g/mol. The number of ether oxygens (including phenoxy) is 1. The molecule has 0 spiro atoms. The van der Waals surface area contributed by atoms with E-state index in [2.05, 4.69) is 5.10 Å². The molecule has 27 heavy (non-hydrogen) atoms. The first kappa shape index (κ1) is 17.7. The van der Waals surface area contributed by atoms with Gasteiger partial charge in [0, 0.05) is 13.1 Å². The van der Waals surface area contributed by atoms with E-state index >= 15 is 0 Å². The molecule has 1 aromatic heterocycles. The quantitative estimate of drug-likeness (QED) is 0.713. The number of rotatable bonds is 3. The lowest BCUT2D eigenvalue weighted by Crippen LogP contribution is -2.40. The zero-order valence-corrected chi connectivity index (χ0v) is 15.1. The van der Waals surface area contributed by atoms with Gasteiger partial charge in [-0.05, 0) is 36.4 Å². The summed E-state index contributed by atoms with van der Waals surface area (Å²) in [6.45, 7) is 1.35. The highest BCUT2D eigenvalue weighted by atomic mass is 32.2. The van der Waals surface area contributed by atoms with Crippen molar-refractivity contribution in [2.75, 3.05) is 26.3 Å². The molecule has 0 amide bonds. The molecule has 3 aromatic rings. The molecule has 2 aromatic carbocycles. The Kier molecular flexibility index (Phi) is 4.42. The van der Waals surface area contributed by atoms with Crippen LogP contribution in [-0.2, 0) is 14.8 Å². The number of nitrogens with zero attached hydrogens (tertiary/aromatic N) is 2. The van der Waals surface area contributed by atoms with Crippen LogP contribution in [0, 0.1) is 0 Å². The predicted octanol–water partition coefficient (Wildman–Crippen LogP) is 0.700. The van der Waals surface area contributed by atoms with Crippen molar-refractivity contribution in [2.45, 2.75) is 4.90 Å². The van der Waals surface area contributed by atoms with E-state index in [1.807, 2.05) is 0 Å². The van der Waals surface area contributed by atoms with Crippen molar-refractivity contribution in [1.82, 2.24) is 14.1 Å². The Morgan fingerprint density at radius 1 is 0.889 bits per heavy atom. The van der Waals surface area contributed by atoms with Crippen molar-refractivity contribution in [2.24, 2.45) is 0 Å². The van der Waals surface area contributed by atoms with Gasteiger partial charge in [0.1, 0.15) is 0 Å². The number of benzene rings is 2. The maximum atomic E-state index is 12.7. The van der Waals surface area contributed by atoms with Crippen LogP contribution >= 0.6 is 0 Å². The number of nitrogens with one attached hydrogen (secondary N) is 1. The highest BCUT2D eigenvalue weighted by Crippen LogP contribution is 2.18. The number of hydrogen-bond acceptors (Lipinski definition) is 5. The van der Waals surface area contributed by atoms with Crippen LogP contribution in [0.5, 0.6) is 0 Å². The minimum atomic E-state index is -3.62. The molecular formula is C18H17N3O5S. The highest BCUT2D eigenvalue weighted by Gasteiger charge is 2.26. The average Bonchev–Trinajstić information content (AvgIpc) is 2.71. The number of morpholine rings is 1. The zero-order chi connectivity index (χ0) is 19.0. The van der Waals surface area contributed by atoms with Gasteiger partial charge in [-0.2, -0.15) is 4.31 Å². The van der Waals surface area contributed by atoms with Crippen LogP contribution in [0.4, 0.5) is 0 Å². The summed E-state index contributed by atoms with van der Waals surface area (Å²) in [5.41, 5.74) is -0.395. The van der Waals surface area contributed by atoms with Crippen molar-refractivity contribution in [3.05, 3.63) is 69.2 Å². The van der Waals surface area contributed by atoms with Gasteiger partial charge in [-0.1, -0.05) is 12.1 Å². The first-order chi connectivity index (χ1) is 13.0. The van der Waals surface area contributed by atoms with Crippen molar-refractivity contribution in [3.63, 3.8) is 0 Å². The molecule has 0 atom stereocenters. The summed E-state index contributed by atoms with van der Waals surface area (Å²) in [7, 11) is -3.62. The monoisotopic (exact) mass is 387 g/mol. The van der Waals surface area contributed by atoms with Crippen LogP contribution in [0.15, 0.2) is 63.0 Å². The summed E-state index contributed by atoms with van der Waals surface area (Å²) < 4.78 is 33.0. The van der Waals surface area contributed by atoms with Crippen molar-refractivity contribution >= 4 is 20.8 Å². The van der Waals surface area contributed by atoms with Crippen LogP contribution in [0.25, 0.3) is 16.5 Å². The number of fused-ring (bicyclic) bond motifs is 1. The minimum absolute atomic E-state index is 0.129. The summed E-state index contributed by atoms with van der Waals surface area (Å²) in [6, 6.07) is 12.4. The fourth-order valence-corrected chi connectivity index (χ4v) is 4.49. The molecule has 0 saturated carbocycles. The Bertz CT molecular complexity index is 1210. The van der Waals surface area contributed by atoms with Gasteiger partial charge in [-0.15, -0.1) is 0 Å². The minimum Gasteiger partial charge on any atom is -0.379 e. The smallest absolute Gasteiger partial charge is 0.277 e. The SMILES string of the molecule is O=c1[nH]n(-c2ccc(S(=O)(=O)N3CCOCC3)cc2)c(=O)c2ccccc12. The molecule has 0 aliphatic carbocycles. The third-order valence-corrected chi connectivity index (χ3v) is 6.43. The number of hydrogen-bond donors (Lipinski definition) is 1. The van der Waals surface area contributed by atoms with Crippen molar-refractivity contribution in [3.8, 4) is 5.69 Å². The van der Waals surface area contributed by atoms with Gasteiger partial charge in [0.25, 0.3) is 11.1 Å². The molecule has 140 valence electrons. The molecule has 0 radical (unpaired) electrons. The van der Waals surface area contributed by atoms with Gasteiger partial charge < -0.3 is 4.74 Å². The fraction of sp³-hybridized carbons (Fsp3) is 0.222. The van der Waals surface area contributed by atoms with Gasteiger partial charge in [0.2, 0.25) is 10.0 Å². The molecule has 1 aliphatic heterocycles. The molecule has 8 nitrogen and oxygen atoms in total. The first-order valence-electron chi connectivity index (χ1n) is 8.41. The maximum absolute atomic E-state index is 12.7. The Labute approximate surface area is 154 Å². The second-order valence-electron chi connectivity index (χ2n) is 6.14. The summed E-state index contributed by atoms with van der Waals surface area (Å²) in [5.74, 6) is 0. The third-order valence-electron chi connectivity index (χ3n) is 4.52. The summed E-state index contributed by atoms with van der Waals surface area (Å²) >= 11 is 0. The zero-order valence-electron chi connectivity index (χ0n) is 14.3. The molecule has 1 saturated heterocycles. The highest BCUT2D eigenvalue weighted by molar-refractivity contribution is 7.89. The van der Waals surface area contributed by atoms with Gasteiger partial charge in [0.15, 0.2) is 0 Å². The lowest BCUT2D eigenvalue weighted by molar-refractivity contribution is 0.0730. The van der Waals surface area contributed by atoms with Crippen LogP contribution in [0.3, 0.4) is 0 Å².